The van der Waals surface area contributed by atoms with Crippen LogP contribution in [0.15, 0.2) is 22.8 Å². The van der Waals surface area contributed by atoms with E-state index in [2.05, 4.69) is 13.0 Å². The highest BCUT2D eigenvalue weighted by atomic mass is 16.3. The minimum absolute atomic E-state index is 1.10. The maximum atomic E-state index is 5.29. The fraction of sp³-hybridized carbons (Fsp3) is 0.643. The topological polar surface area (TPSA) is 13.1 Å². The first kappa shape index (κ1) is 12.4. The maximum Gasteiger partial charge on any atom is 0.103 e. The van der Waals surface area contributed by atoms with E-state index in [1.165, 1.54) is 44.9 Å². The van der Waals surface area contributed by atoms with Crippen LogP contribution >= 0.6 is 0 Å². The molecule has 1 nitrogen and oxygen atoms in total. The summed E-state index contributed by atoms with van der Waals surface area (Å²) >= 11 is 0. The predicted molar refractivity (Wildman–Crippen MR) is 64.7 cm³/mol. The van der Waals surface area contributed by atoms with Crippen molar-refractivity contribution in [2.75, 3.05) is 0 Å². The third-order valence-electron chi connectivity index (χ3n) is 2.75. The summed E-state index contributed by atoms with van der Waals surface area (Å²) < 4.78 is 5.29. The Morgan fingerprint density at radius 1 is 0.933 bits per heavy atom. The Morgan fingerprint density at radius 3 is 2.20 bits per heavy atom. The molecule has 0 amide bonds. The van der Waals surface area contributed by atoms with Gasteiger partial charge in [0.2, 0.25) is 0 Å². The van der Waals surface area contributed by atoms with E-state index in [1.54, 1.807) is 6.26 Å². The summed E-state index contributed by atoms with van der Waals surface area (Å²) in [5.74, 6) is 1.13. The number of hydrogen-bond acceptors (Lipinski definition) is 1. The van der Waals surface area contributed by atoms with E-state index < -0.39 is 0 Å². The molecule has 0 N–H and O–H groups in total. The summed E-state index contributed by atoms with van der Waals surface area (Å²) in [5, 5.41) is 0. The molecule has 0 unspecified atom stereocenters. The number of furan rings is 1. The fourth-order valence-electron chi connectivity index (χ4n) is 1.81. The van der Waals surface area contributed by atoms with Crippen LogP contribution in [-0.4, -0.2) is 0 Å². The molecule has 1 heterocycles. The molecule has 85 valence electrons. The molecule has 0 aromatic carbocycles. The van der Waals surface area contributed by atoms with Gasteiger partial charge < -0.3 is 4.42 Å². The lowest BCUT2D eigenvalue weighted by molar-refractivity contribution is 0.490. The lowest BCUT2D eigenvalue weighted by Gasteiger charge is -2.00. The van der Waals surface area contributed by atoms with Gasteiger partial charge in [-0.1, -0.05) is 51.9 Å². The number of hydrogen-bond donors (Lipinski definition) is 0. The number of aryl methyl sites for hydroxylation is 1. The number of unbranched alkanes of at least 4 members (excludes halogenated alkanes) is 7. The van der Waals surface area contributed by atoms with Crippen molar-refractivity contribution in [3.8, 4) is 0 Å². The van der Waals surface area contributed by atoms with Crippen molar-refractivity contribution in [1.29, 1.82) is 0 Å². The van der Waals surface area contributed by atoms with Crippen LogP contribution in [0, 0.1) is 6.92 Å². The van der Waals surface area contributed by atoms with Gasteiger partial charge in [-0.3, -0.25) is 0 Å². The van der Waals surface area contributed by atoms with Crippen LogP contribution in [0.1, 0.15) is 57.1 Å². The van der Waals surface area contributed by atoms with Gasteiger partial charge in [-0.2, -0.15) is 0 Å². The molecule has 0 saturated heterocycles. The lowest BCUT2D eigenvalue weighted by atomic mass is 10.1. The monoisotopic (exact) mass is 207 g/mol. The summed E-state index contributed by atoms with van der Waals surface area (Å²) in [6.07, 6.45) is 13.4. The maximum absolute atomic E-state index is 5.29. The van der Waals surface area contributed by atoms with Gasteiger partial charge in [0, 0.05) is 6.42 Å². The highest BCUT2D eigenvalue weighted by molar-refractivity contribution is 4.97. The fourth-order valence-corrected chi connectivity index (χ4v) is 1.81. The molecule has 0 bridgehead atoms. The zero-order valence-electron chi connectivity index (χ0n) is 9.71. The van der Waals surface area contributed by atoms with E-state index in [0.717, 1.165) is 18.6 Å². The molecule has 1 aromatic rings. The zero-order chi connectivity index (χ0) is 10.8. The summed E-state index contributed by atoms with van der Waals surface area (Å²) in [7, 11) is 0. The summed E-state index contributed by atoms with van der Waals surface area (Å²) in [6, 6.07) is 4.03. The Hall–Kier alpha value is -0.720. The third-order valence-corrected chi connectivity index (χ3v) is 2.75. The first-order valence-corrected chi connectivity index (χ1v) is 6.25. The van der Waals surface area contributed by atoms with E-state index in [9.17, 15) is 0 Å². The van der Waals surface area contributed by atoms with Gasteiger partial charge in [0.05, 0.1) is 6.26 Å². The van der Waals surface area contributed by atoms with Crippen molar-refractivity contribution in [1.82, 2.24) is 0 Å². The van der Waals surface area contributed by atoms with Crippen molar-refractivity contribution in [3.63, 3.8) is 0 Å². The molecule has 0 atom stereocenters. The molecule has 1 radical (unpaired) electrons. The first-order chi connectivity index (χ1) is 7.43. The minimum Gasteiger partial charge on any atom is -0.469 e. The van der Waals surface area contributed by atoms with Crippen molar-refractivity contribution < 1.29 is 4.42 Å². The highest BCUT2D eigenvalue weighted by Crippen LogP contribution is 2.11. The Labute approximate surface area is 93.9 Å². The van der Waals surface area contributed by atoms with Crippen molar-refractivity contribution in [2.24, 2.45) is 0 Å². The molecular formula is C14H23O. The van der Waals surface area contributed by atoms with Gasteiger partial charge >= 0.3 is 0 Å². The van der Waals surface area contributed by atoms with E-state index in [0.29, 0.717) is 0 Å². The van der Waals surface area contributed by atoms with Crippen LogP contribution < -0.4 is 0 Å². The average Bonchev–Trinajstić information content (AvgIpc) is 2.75. The zero-order valence-corrected chi connectivity index (χ0v) is 9.71. The van der Waals surface area contributed by atoms with Crippen LogP contribution in [0.4, 0.5) is 0 Å². The normalized spacial score (nSPS) is 10.7. The van der Waals surface area contributed by atoms with E-state index in [4.69, 9.17) is 4.42 Å². The Morgan fingerprint density at radius 2 is 1.60 bits per heavy atom. The van der Waals surface area contributed by atoms with Crippen LogP contribution in [0.3, 0.4) is 0 Å². The molecule has 1 aromatic heterocycles. The molecule has 1 heteroatoms. The van der Waals surface area contributed by atoms with Crippen LogP contribution in [0.5, 0.6) is 0 Å². The van der Waals surface area contributed by atoms with Crippen LogP contribution in [0.25, 0.3) is 0 Å². The molecule has 15 heavy (non-hydrogen) atoms. The van der Waals surface area contributed by atoms with E-state index >= 15 is 0 Å². The molecule has 1 rings (SSSR count). The predicted octanol–water partition coefficient (Wildman–Crippen LogP) is 4.78. The molecule has 0 aliphatic heterocycles. The molecule has 0 aliphatic rings. The molecular weight excluding hydrogens is 184 g/mol. The Kier molecular flexibility index (Phi) is 7.06. The van der Waals surface area contributed by atoms with Gasteiger partial charge in [-0.25, -0.2) is 0 Å². The molecule has 0 saturated carbocycles. The first-order valence-electron chi connectivity index (χ1n) is 6.25. The second kappa shape index (κ2) is 8.58. The number of rotatable bonds is 9. The SMILES string of the molecule is [CH2]CCCCCCCCCc1ccco1. The largest absolute Gasteiger partial charge is 0.469 e. The third kappa shape index (κ3) is 6.38. The lowest BCUT2D eigenvalue weighted by Crippen LogP contribution is -1.84. The molecule has 0 fully saturated rings. The van der Waals surface area contributed by atoms with Crippen molar-refractivity contribution in [3.05, 3.63) is 31.1 Å². The average molecular weight is 207 g/mol. The van der Waals surface area contributed by atoms with Gasteiger partial charge in [0.1, 0.15) is 5.76 Å². The van der Waals surface area contributed by atoms with Crippen LogP contribution in [0.2, 0.25) is 0 Å². The molecule has 0 aliphatic carbocycles. The van der Waals surface area contributed by atoms with Gasteiger partial charge in [-0.15, -0.1) is 0 Å². The summed E-state index contributed by atoms with van der Waals surface area (Å²) in [4.78, 5) is 0. The Bertz CT molecular complexity index is 213. The summed E-state index contributed by atoms with van der Waals surface area (Å²) in [6.45, 7) is 3.85. The van der Waals surface area contributed by atoms with E-state index in [1.807, 2.05) is 6.07 Å². The van der Waals surface area contributed by atoms with Crippen molar-refractivity contribution in [2.45, 2.75) is 57.8 Å². The molecule has 0 spiro atoms. The standard InChI is InChI=1S/C14H23O/c1-2-3-4-5-6-7-8-9-11-14-12-10-13-15-14/h10,12-13H,1-9,11H2. The van der Waals surface area contributed by atoms with E-state index in [-0.39, 0.29) is 0 Å². The van der Waals surface area contributed by atoms with Gasteiger partial charge in [-0.05, 0) is 18.6 Å². The smallest absolute Gasteiger partial charge is 0.103 e. The minimum atomic E-state index is 1.10. The van der Waals surface area contributed by atoms with Crippen LogP contribution in [-0.2, 0) is 6.42 Å². The van der Waals surface area contributed by atoms with Crippen molar-refractivity contribution >= 4 is 0 Å². The highest BCUT2D eigenvalue weighted by Gasteiger charge is 1.95. The van der Waals surface area contributed by atoms with Gasteiger partial charge in [0.15, 0.2) is 0 Å². The Balaban J connectivity index is 1.81. The second-order valence-corrected chi connectivity index (χ2v) is 4.16. The second-order valence-electron chi connectivity index (χ2n) is 4.16. The summed E-state index contributed by atoms with van der Waals surface area (Å²) in [5.41, 5.74) is 0. The quantitative estimate of drug-likeness (QED) is 0.531. The van der Waals surface area contributed by atoms with Gasteiger partial charge in [0.25, 0.3) is 0 Å².